The average molecular weight is 434 g/mol. The molecule has 0 aliphatic heterocycles. The van der Waals surface area contributed by atoms with Crippen LogP contribution in [0.15, 0.2) is 59.2 Å². The van der Waals surface area contributed by atoms with Gasteiger partial charge in [0, 0.05) is 31.1 Å². The Hall–Kier alpha value is -2.20. The van der Waals surface area contributed by atoms with Crippen molar-refractivity contribution in [3.63, 3.8) is 0 Å². The number of benzene rings is 1. The minimum absolute atomic E-state index is 0.475. The second kappa shape index (κ2) is 11.0. The fraction of sp³-hybridized carbons (Fsp3) is 0.250. The monoisotopic (exact) mass is 433 g/mol. The highest BCUT2D eigenvalue weighted by Crippen LogP contribution is 2.37. The summed E-state index contributed by atoms with van der Waals surface area (Å²) in [5, 5.41) is 14.5. The number of anilines is 1. The zero-order valence-electron chi connectivity index (χ0n) is 15.8. The van der Waals surface area contributed by atoms with Crippen molar-refractivity contribution >= 4 is 40.8 Å². The lowest BCUT2D eigenvalue weighted by Gasteiger charge is -2.31. The molecule has 0 atom stereocenters. The van der Waals surface area contributed by atoms with Crippen LogP contribution in [0.4, 0.5) is 5.82 Å². The minimum Gasteiger partial charge on any atom is -0.294 e. The molecule has 1 aromatic heterocycles. The third-order valence-electron chi connectivity index (χ3n) is 3.75. The summed E-state index contributed by atoms with van der Waals surface area (Å²) in [7, 11) is 1.91. The molecule has 28 heavy (non-hydrogen) atoms. The third-order valence-corrected chi connectivity index (χ3v) is 5.84. The fourth-order valence-corrected chi connectivity index (χ4v) is 3.68. The van der Waals surface area contributed by atoms with E-state index in [1.54, 1.807) is 18.3 Å². The number of hydrogen-bond donors (Lipinski definition) is 0. The lowest BCUT2D eigenvalue weighted by Crippen LogP contribution is -2.38. The molecule has 1 heterocycles. The summed E-state index contributed by atoms with van der Waals surface area (Å²) in [6.45, 7) is 6.25. The second-order valence-electron chi connectivity index (χ2n) is 5.81. The number of aromatic nitrogens is 2. The molecule has 0 saturated carbocycles. The number of unbranched alkanes of at least 4 members (excludes halogenated alkanes) is 1. The van der Waals surface area contributed by atoms with Gasteiger partial charge in [0.05, 0.1) is 28.0 Å². The molecule has 0 spiro atoms. The van der Waals surface area contributed by atoms with Gasteiger partial charge in [0.1, 0.15) is 5.03 Å². The maximum absolute atomic E-state index is 8.83. The highest BCUT2D eigenvalue weighted by molar-refractivity contribution is 7.99. The predicted octanol–water partition coefficient (Wildman–Crippen LogP) is 5.90. The Morgan fingerprint density at radius 3 is 2.82 bits per heavy atom. The maximum atomic E-state index is 8.83. The fourth-order valence-electron chi connectivity index (χ4n) is 2.36. The van der Waals surface area contributed by atoms with Crippen molar-refractivity contribution in [3.8, 4) is 6.07 Å². The Kier molecular flexibility index (Phi) is 8.65. The molecular weight excluding hydrogens is 413 g/mol. The number of halogens is 2. The van der Waals surface area contributed by atoms with Crippen LogP contribution in [0.5, 0.6) is 0 Å². The summed E-state index contributed by atoms with van der Waals surface area (Å²) in [6, 6.07) is 7.67. The van der Waals surface area contributed by atoms with E-state index < -0.39 is 0 Å². The van der Waals surface area contributed by atoms with Crippen molar-refractivity contribution in [1.82, 2.24) is 15.0 Å². The summed E-state index contributed by atoms with van der Waals surface area (Å²) in [5.41, 5.74) is 0.782. The maximum Gasteiger partial charge on any atom is 0.166 e. The van der Waals surface area contributed by atoms with Crippen molar-refractivity contribution in [2.24, 2.45) is 0 Å². The number of hydrazine groups is 1. The molecule has 0 aliphatic rings. The van der Waals surface area contributed by atoms with Gasteiger partial charge in [-0.15, -0.1) is 0 Å². The molecule has 0 fully saturated rings. The third kappa shape index (κ3) is 5.90. The van der Waals surface area contributed by atoms with Gasteiger partial charge >= 0.3 is 0 Å². The zero-order chi connectivity index (χ0) is 20.5. The van der Waals surface area contributed by atoms with E-state index in [0.717, 1.165) is 22.0 Å². The Labute approximate surface area is 180 Å². The van der Waals surface area contributed by atoms with E-state index in [1.165, 1.54) is 11.8 Å². The van der Waals surface area contributed by atoms with E-state index in [-0.39, 0.29) is 0 Å². The lowest BCUT2D eigenvalue weighted by molar-refractivity contribution is 0.402. The number of nitriles is 1. The molecule has 0 N–H and O–H groups in total. The molecule has 0 aliphatic carbocycles. The Bertz CT molecular complexity index is 895. The number of aryl methyl sites for hydroxylation is 1. The summed E-state index contributed by atoms with van der Waals surface area (Å²) in [6.07, 6.45) is 8.34. The first-order valence-corrected chi connectivity index (χ1v) is 10.2. The molecule has 146 valence electrons. The smallest absolute Gasteiger partial charge is 0.166 e. The van der Waals surface area contributed by atoms with E-state index in [0.29, 0.717) is 28.8 Å². The largest absolute Gasteiger partial charge is 0.294 e. The molecule has 0 amide bonds. The van der Waals surface area contributed by atoms with E-state index >= 15 is 0 Å². The Morgan fingerprint density at radius 2 is 2.14 bits per heavy atom. The van der Waals surface area contributed by atoms with Gasteiger partial charge in [-0.25, -0.2) is 9.97 Å². The molecule has 0 unspecified atom stereocenters. The normalized spacial score (nSPS) is 10.7. The van der Waals surface area contributed by atoms with Crippen LogP contribution in [0.1, 0.15) is 18.5 Å². The first-order chi connectivity index (χ1) is 13.5. The molecule has 0 bridgehead atoms. The molecule has 0 radical (unpaired) electrons. The highest BCUT2D eigenvalue weighted by atomic mass is 35.5. The summed E-state index contributed by atoms with van der Waals surface area (Å²) >= 11 is 13.8. The summed E-state index contributed by atoms with van der Waals surface area (Å²) in [4.78, 5) is 10.1. The van der Waals surface area contributed by atoms with Crippen LogP contribution in [0.3, 0.4) is 0 Å². The Balaban J connectivity index is 2.27. The number of rotatable bonds is 9. The van der Waals surface area contributed by atoms with Crippen molar-refractivity contribution in [2.75, 3.05) is 18.6 Å². The first kappa shape index (κ1) is 22.1. The van der Waals surface area contributed by atoms with Crippen molar-refractivity contribution in [1.29, 1.82) is 5.26 Å². The highest BCUT2D eigenvalue weighted by Gasteiger charge is 2.15. The van der Waals surface area contributed by atoms with Gasteiger partial charge < -0.3 is 0 Å². The van der Waals surface area contributed by atoms with Gasteiger partial charge in [-0.05, 0) is 31.6 Å². The van der Waals surface area contributed by atoms with Gasteiger partial charge in [0.15, 0.2) is 5.82 Å². The van der Waals surface area contributed by atoms with E-state index in [1.807, 2.05) is 48.4 Å². The van der Waals surface area contributed by atoms with Gasteiger partial charge in [-0.1, -0.05) is 53.7 Å². The standard InChI is InChI=1S/C20H21Cl2N5S/c1-4-5-12-26(3)27(13-7-6-11-23)18-14-24-20(15(2)25-18)28-17-10-8-9-16(21)19(17)22/h4-5,8-10,12,14H,1,6-7,13H2,2-3H3/b12-5-. The van der Waals surface area contributed by atoms with Gasteiger partial charge in [0.2, 0.25) is 0 Å². The number of hydrogen-bond acceptors (Lipinski definition) is 6. The predicted molar refractivity (Wildman–Crippen MR) is 117 cm³/mol. The van der Waals surface area contributed by atoms with Crippen LogP contribution < -0.4 is 5.01 Å². The van der Waals surface area contributed by atoms with Crippen LogP contribution in [0, 0.1) is 18.3 Å². The van der Waals surface area contributed by atoms with Crippen LogP contribution in [-0.2, 0) is 0 Å². The van der Waals surface area contributed by atoms with Crippen LogP contribution in [0.2, 0.25) is 10.0 Å². The quantitative estimate of drug-likeness (QED) is 0.278. The molecule has 2 rings (SSSR count). The Morgan fingerprint density at radius 1 is 1.36 bits per heavy atom. The molecule has 1 aromatic carbocycles. The first-order valence-electron chi connectivity index (χ1n) is 8.60. The SMILES string of the molecule is C=C/C=C\N(C)N(CCCC#N)c1cnc(Sc2cccc(Cl)c2Cl)c(C)n1. The van der Waals surface area contributed by atoms with E-state index in [2.05, 4.69) is 17.6 Å². The average Bonchev–Trinajstić information content (AvgIpc) is 2.68. The van der Waals surface area contributed by atoms with Crippen molar-refractivity contribution < 1.29 is 0 Å². The van der Waals surface area contributed by atoms with Gasteiger partial charge in [-0.2, -0.15) is 5.26 Å². The summed E-state index contributed by atoms with van der Waals surface area (Å²) < 4.78 is 0. The van der Waals surface area contributed by atoms with Crippen LogP contribution >= 0.6 is 35.0 Å². The zero-order valence-corrected chi connectivity index (χ0v) is 18.1. The van der Waals surface area contributed by atoms with Crippen LogP contribution in [0.25, 0.3) is 0 Å². The van der Waals surface area contributed by atoms with Gasteiger partial charge in [0.25, 0.3) is 0 Å². The minimum atomic E-state index is 0.475. The number of nitrogens with zero attached hydrogens (tertiary/aromatic N) is 5. The summed E-state index contributed by atoms with van der Waals surface area (Å²) in [5.74, 6) is 0.702. The topological polar surface area (TPSA) is 56.0 Å². The van der Waals surface area contributed by atoms with Gasteiger partial charge in [-0.3, -0.25) is 10.0 Å². The molecule has 0 saturated heterocycles. The molecular formula is C20H21Cl2N5S. The second-order valence-corrected chi connectivity index (χ2v) is 7.62. The van der Waals surface area contributed by atoms with E-state index in [9.17, 15) is 0 Å². The van der Waals surface area contributed by atoms with Crippen molar-refractivity contribution in [3.05, 3.63) is 65.1 Å². The lowest BCUT2D eigenvalue weighted by atomic mass is 10.3. The van der Waals surface area contributed by atoms with Crippen LogP contribution in [-0.4, -0.2) is 28.6 Å². The van der Waals surface area contributed by atoms with E-state index in [4.69, 9.17) is 33.4 Å². The van der Waals surface area contributed by atoms with Crippen molar-refractivity contribution in [2.45, 2.75) is 29.7 Å². The molecule has 2 aromatic rings. The number of allylic oxidation sites excluding steroid dienone is 2. The molecule has 5 nitrogen and oxygen atoms in total. The molecule has 8 heteroatoms.